The standard InChI is InChI=1S/C32H40N4O5/c1-41-27-19-17-23(18-20-27)21-28(35-30(38)24-11-5-2-6-12-24)31(39)33-22-29(37)36(26-15-9-4-10-16-26)32(40)34-25-13-7-3-8-14-25/h2,5-6,11-12,17-21,25-26H,3-4,7-10,13-16,22H2,1H3,(H,33,39)(H,34,40)(H,35,38)/b28-21+. The first-order valence-electron chi connectivity index (χ1n) is 14.6. The number of benzene rings is 2. The Morgan fingerprint density at radius 2 is 1.49 bits per heavy atom. The summed E-state index contributed by atoms with van der Waals surface area (Å²) in [6.45, 7) is -0.366. The Hall–Kier alpha value is -4.14. The van der Waals surface area contributed by atoms with Crippen LogP contribution in [0.5, 0.6) is 5.75 Å². The third kappa shape index (κ3) is 8.67. The molecule has 0 heterocycles. The summed E-state index contributed by atoms with van der Waals surface area (Å²) in [7, 11) is 1.56. The van der Waals surface area contributed by atoms with Crippen LogP contribution >= 0.6 is 0 Å². The molecule has 0 unspecified atom stereocenters. The summed E-state index contributed by atoms with van der Waals surface area (Å²) >= 11 is 0. The normalized spacial score (nSPS) is 16.4. The van der Waals surface area contributed by atoms with E-state index in [0.29, 0.717) is 16.9 Å². The van der Waals surface area contributed by atoms with Crippen LogP contribution in [0.25, 0.3) is 6.08 Å². The van der Waals surface area contributed by atoms with E-state index in [0.717, 1.165) is 64.2 Å². The van der Waals surface area contributed by atoms with Gasteiger partial charge in [0.2, 0.25) is 5.91 Å². The number of imide groups is 1. The van der Waals surface area contributed by atoms with Crippen molar-refractivity contribution in [2.24, 2.45) is 0 Å². The van der Waals surface area contributed by atoms with Crippen LogP contribution in [0.15, 0.2) is 60.3 Å². The van der Waals surface area contributed by atoms with E-state index in [1.54, 1.807) is 61.7 Å². The lowest BCUT2D eigenvalue weighted by Crippen LogP contribution is -2.55. The molecule has 9 nitrogen and oxygen atoms in total. The summed E-state index contributed by atoms with van der Waals surface area (Å²) in [5.74, 6) is -0.893. The molecule has 0 bridgehead atoms. The van der Waals surface area contributed by atoms with Crippen LogP contribution < -0.4 is 20.7 Å². The molecule has 2 aliphatic rings. The predicted octanol–water partition coefficient (Wildman–Crippen LogP) is 4.79. The summed E-state index contributed by atoms with van der Waals surface area (Å²) in [6, 6.07) is 15.1. The molecule has 0 spiro atoms. The second kappa shape index (κ2) is 15.0. The highest BCUT2D eigenvalue weighted by atomic mass is 16.5. The van der Waals surface area contributed by atoms with Crippen molar-refractivity contribution >= 4 is 29.8 Å². The molecule has 0 atom stereocenters. The maximum atomic E-state index is 13.5. The third-order valence-electron chi connectivity index (χ3n) is 7.72. The lowest BCUT2D eigenvalue weighted by atomic mass is 9.93. The lowest BCUT2D eigenvalue weighted by molar-refractivity contribution is -0.131. The number of amides is 5. The summed E-state index contributed by atoms with van der Waals surface area (Å²) in [4.78, 5) is 54.3. The number of hydrogen-bond donors (Lipinski definition) is 3. The van der Waals surface area contributed by atoms with Gasteiger partial charge in [0, 0.05) is 17.6 Å². The van der Waals surface area contributed by atoms with Crippen LogP contribution in [0.3, 0.4) is 0 Å². The molecule has 4 rings (SSSR count). The maximum Gasteiger partial charge on any atom is 0.324 e. The first-order chi connectivity index (χ1) is 19.9. The second-order valence-corrected chi connectivity index (χ2v) is 10.7. The molecule has 0 saturated heterocycles. The van der Waals surface area contributed by atoms with Crippen LogP contribution in [0.1, 0.15) is 80.1 Å². The molecule has 41 heavy (non-hydrogen) atoms. The van der Waals surface area contributed by atoms with Crippen LogP contribution in [-0.2, 0) is 9.59 Å². The summed E-state index contributed by atoms with van der Waals surface area (Å²) in [6.07, 6.45) is 11.2. The number of carbonyl (C=O) groups is 4. The van der Waals surface area contributed by atoms with E-state index < -0.39 is 17.7 Å². The number of nitrogens with zero attached hydrogens (tertiary/aromatic N) is 1. The van der Waals surface area contributed by atoms with Gasteiger partial charge in [0.05, 0.1) is 13.7 Å². The molecule has 2 saturated carbocycles. The van der Waals surface area contributed by atoms with Gasteiger partial charge in [-0.2, -0.15) is 0 Å². The van der Waals surface area contributed by atoms with Gasteiger partial charge in [0.15, 0.2) is 0 Å². The van der Waals surface area contributed by atoms with Crippen molar-refractivity contribution in [2.45, 2.75) is 76.3 Å². The fourth-order valence-electron chi connectivity index (χ4n) is 5.46. The predicted molar refractivity (Wildman–Crippen MR) is 157 cm³/mol. The zero-order valence-corrected chi connectivity index (χ0v) is 23.7. The van der Waals surface area contributed by atoms with Gasteiger partial charge in [-0.25, -0.2) is 4.79 Å². The fraction of sp³-hybridized carbons (Fsp3) is 0.438. The van der Waals surface area contributed by atoms with Gasteiger partial charge in [-0.1, -0.05) is 68.9 Å². The zero-order chi connectivity index (χ0) is 29.0. The Morgan fingerprint density at radius 3 is 2.12 bits per heavy atom. The number of urea groups is 1. The Bertz CT molecular complexity index is 1220. The third-order valence-corrected chi connectivity index (χ3v) is 7.72. The average Bonchev–Trinajstić information content (AvgIpc) is 3.01. The first-order valence-corrected chi connectivity index (χ1v) is 14.6. The summed E-state index contributed by atoms with van der Waals surface area (Å²) < 4.78 is 5.20. The molecule has 0 aliphatic heterocycles. The van der Waals surface area contributed by atoms with E-state index in [-0.39, 0.29) is 30.4 Å². The number of carbonyl (C=O) groups excluding carboxylic acids is 4. The van der Waals surface area contributed by atoms with E-state index in [2.05, 4.69) is 16.0 Å². The molecule has 5 amide bonds. The second-order valence-electron chi connectivity index (χ2n) is 10.7. The Kier molecular flexibility index (Phi) is 10.9. The van der Waals surface area contributed by atoms with Gasteiger partial charge in [-0.3, -0.25) is 19.3 Å². The molecule has 2 aromatic carbocycles. The Morgan fingerprint density at radius 1 is 0.854 bits per heavy atom. The van der Waals surface area contributed by atoms with Gasteiger partial charge >= 0.3 is 6.03 Å². The average molecular weight is 561 g/mol. The Balaban J connectivity index is 1.48. The monoisotopic (exact) mass is 560 g/mol. The van der Waals surface area contributed by atoms with Gasteiger partial charge in [-0.15, -0.1) is 0 Å². The molecule has 0 radical (unpaired) electrons. The van der Waals surface area contributed by atoms with Crippen LogP contribution in [0.2, 0.25) is 0 Å². The molecule has 0 aromatic heterocycles. The minimum absolute atomic E-state index is 0.0207. The minimum Gasteiger partial charge on any atom is -0.497 e. The topological polar surface area (TPSA) is 117 Å². The number of nitrogens with one attached hydrogen (secondary N) is 3. The fourth-order valence-corrected chi connectivity index (χ4v) is 5.46. The van der Waals surface area contributed by atoms with E-state index in [4.69, 9.17) is 4.74 Å². The van der Waals surface area contributed by atoms with Crippen LogP contribution in [-0.4, -0.2) is 54.4 Å². The van der Waals surface area contributed by atoms with Gasteiger partial charge in [0.1, 0.15) is 11.4 Å². The van der Waals surface area contributed by atoms with Gasteiger partial charge in [-0.05, 0) is 61.6 Å². The molecular formula is C32H40N4O5. The number of ether oxygens (including phenoxy) is 1. The van der Waals surface area contributed by atoms with E-state index in [1.165, 1.54) is 11.0 Å². The lowest BCUT2D eigenvalue weighted by Gasteiger charge is -2.34. The molecule has 9 heteroatoms. The van der Waals surface area contributed by atoms with E-state index >= 15 is 0 Å². The van der Waals surface area contributed by atoms with Crippen molar-refractivity contribution in [1.29, 1.82) is 0 Å². The van der Waals surface area contributed by atoms with Gasteiger partial charge in [0.25, 0.3) is 11.8 Å². The Labute approximate surface area is 241 Å². The van der Waals surface area contributed by atoms with Crippen molar-refractivity contribution in [2.75, 3.05) is 13.7 Å². The molecule has 2 aliphatic carbocycles. The van der Waals surface area contributed by atoms with Crippen LogP contribution in [0, 0.1) is 0 Å². The quantitative estimate of drug-likeness (QED) is 0.382. The van der Waals surface area contributed by atoms with Crippen molar-refractivity contribution in [3.8, 4) is 5.75 Å². The molecular weight excluding hydrogens is 520 g/mol. The van der Waals surface area contributed by atoms with Crippen molar-refractivity contribution in [3.63, 3.8) is 0 Å². The molecule has 2 fully saturated rings. The zero-order valence-electron chi connectivity index (χ0n) is 23.7. The number of rotatable bonds is 9. The largest absolute Gasteiger partial charge is 0.497 e. The highest BCUT2D eigenvalue weighted by molar-refractivity contribution is 6.06. The first kappa shape index (κ1) is 29.8. The highest BCUT2D eigenvalue weighted by Crippen LogP contribution is 2.24. The van der Waals surface area contributed by atoms with E-state index in [9.17, 15) is 19.2 Å². The minimum atomic E-state index is -0.630. The molecule has 3 N–H and O–H groups in total. The summed E-state index contributed by atoms with van der Waals surface area (Å²) in [5, 5.41) is 8.39. The number of methoxy groups -OCH3 is 1. The van der Waals surface area contributed by atoms with Gasteiger partial charge < -0.3 is 20.7 Å². The highest BCUT2D eigenvalue weighted by Gasteiger charge is 2.32. The van der Waals surface area contributed by atoms with Crippen molar-refractivity contribution in [1.82, 2.24) is 20.9 Å². The maximum absolute atomic E-state index is 13.5. The van der Waals surface area contributed by atoms with Crippen molar-refractivity contribution < 1.29 is 23.9 Å². The summed E-state index contributed by atoms with van der Waals surface area (Å²) in [5.41, 5.74) is 1.03. The molecule has 2 aromatic rings. The SMILES string of the molecule is COc1ccc(/C=C(/NC(=O)c2ccccc2)C(=O)NCC(=O)N(C(=O)NC2CCCCC2)C2CCCCC2)cc1. The van der Waals surface area contributed by atoms with Crippen LogP contribution in [0.4, 0.5) is 4.79 Å². The smallest absolute Gasteiger partial charge is 0.324 e. The molecule has 218 valence electrons. The van der Waals surface area contributed by atoms with Crippen molar-refractivity contribution in [3.05, 3.63) is 71.4 Å². The number of hydrogen-bond acceptors (Lipinski definition) is 5. The van der Waals surface area contributed by atoms with E-state index in [1.807, 2.05) is 0 Å².